The van der Waals surface area contributed by atoms with E-state index in [2.05, 4.69) is 14.9 Å². The second-order valence-electron chi connectivity index (χ2n) is 6.60. The number of hydrogen-bond acceptors (Lipinski definition) is 6. The van der Waals surface area contributed by atoms with Gasteiger partial charge in [-0.1, -0.05) is 6.92 Å². The maximum atomic E-state index is 13.2. The number of nitrogens with zero attached hydrogens (tertiary/aromatic N) is 4. The first kappa shape index (κ1) is 19.6. The Hall–Kier alpha value is -2.13. The highest BCUT2D eigenvalue weighted by Crippen LogP contribution is 2.33. The number of hydrogen-bond donors (Lipinski definition) is 1. The lowest BCUT2D eigenvalue weighted by Crippen LogP contribution is -2.49. The highest BCUT2D eigenvalue weighted by atomic mass is 19.4. The van der Waals surface area contributed by atoms with Crippen LogP contribution < -0.4 is 9.64 Å². The number of ether oxygens (including phenoxy) is 1. The summed E-state index contributed by atoms with van der Waals surface area (Å²) < 4.78 is 44.9. The van der Waals surface area contributed by atoms with E-state index >= 15 is 0 Å². The Bertz CT molecular complexity index is 792. The maximum Gasteiger partial charge on any atom is 0.451 e. The van der Waals surface area contributed by atoms with Gasteiger partial charge in [-0.3, -0.25) is 4.90 Å². The molecule has 0 bridgehead atoms. The van der Waals surface area contributed by atoms with Crippen molar-refractivity contribution in [1.29, 1.82) is 0 Å². The molecule has 2 aromatic rings. The zero-order valence-electron chi connectivity index (χ0n) is 15.3. The van der Waals surface area contributed by atoms with Crippen LogP contribution >= 0.6 is 0 Å². The van der Waals surface area contributed by atoms with Crippen LogP contribution in [0.3, 0.4) is 0 Å². The van der Waals surface area contributed by atoms with Crippen LogP contribution in [0.25, 0.3) is 10.9 Å². The molecule has 1 aliphatic rings. The van der Waals surface area contributed by atoms with E-state index in [1.165, 1.54) is 13.2 Å². The summed E-state index contributed by atoms with van der Waals surface area (Å²) in [6.07, 6.45) is -4.33. The molecule has 0 saturated carbocycles. The number of aliphatic hydroxyl groups is 1. The molecule has 0 amide bonds. The molecule has 1 atom stereocenters. The van der Waals surface area contributed by atoms with Crippen LogP contribution in [0.1, 0.15) is 19.2 Å². The molecule has 0 aliphatic carbocycles. The number of piperazine rings is 1. The number of aromatic nitrogens is 2. The standard InChI is InChI=1S/C18H23F3N4O2/c1-3-12(26)11-24-6-8-25(9-7-24)16-14-10-13(27-2)4-5-15(14)22-17(23-16)18(19,20)21/h4-5,10,12,26H,3,6-9,11H2,1-2H3. The van der Waals surface area contributed by atoms with Crippen molar-refractivity contribution in [2.45, 2.75) is 25.6 Å². The maximum absolute atomic E-state index is 13.2. The average Bonchev–Trinajstić information content (AvgIpc) is 2.66. The first-order valence-corrected chi connectivity index (χ1v) is 8.90. The third kappa shape index (κ3) is 4.41. The van der Waals surface area contributed by atoms with E-state index in [0.29, 0.717) is 50.3 Å². The van der Waals surface area contributed by atoms with Crippen molar-refractivity contribution in [2.24, 2.45) is 0 Å². The molecular weight excluding hydrogens is 361 g/mol. The topological polar surface area (TPSA) is 61.7 Å². The molecule has 2 heterocycles. The SMILES string of the molecule is CCC(O)CN1CCN(c2nc(C(F)(F)F)nc3ccc(OC)cc23)CC1. The zero-order chi connectivity index (χ0) is 19.6. The summed E-state index contributed by atoms with van der Waals surface area (Å²) >= 11 is 0. The Morgan fingerprint density at radius 1 is 1.19 bits per heavy atom. The van der Waals surface area contributed by atoms with Crippen LogP contribution in [0.2, 0.25) is 0 Å². The fourth-order valence-corrected chi connectivity index (χ4v) is 3.16. The van der Waals surface area contributed by atoms with Crippen molar-refractivity contribution in [3.63, 3.8) is 0 Å². The third-order valence-electron chi connectivity index (χ3n) is 4.75. The molecule has 1 N–H and O–H groups in total. The largest absolute Gasteiger partial charge is 0.497 e. The van der Waals surface area contributed by atoms with Crippen molar-refractivity contribution in [3.8, 4) is 5.75 Å². The highest BCUT2D eigenvalue weighted by molar-refractivity contribution is 5.90. The summed E-state index contributed by atoms with van der Waals surface area (Å²) in [7, 11) is 1.50. The lowest BCUT2D eigenvalue weighted by Gasteiger charge is -2.36. The molecule has 6 nitrogen and oxygen atoms in total. The van der Waals surface area contributed by atoms with Crippen molar-refractivity contribution >= 4 is 16.7 Å². The Kier molecular flexibility index (Phi) is 5.71. The smallest absolute Gasteiger partial charge is 0.451 e. The van der Waals surface area contributed by atoms with Crippen LogP contribution in [0.5, 0.6) is 5.75 Å². The first-order valence-electron chi connectivity index (χ1n) is 8.90. The Morgan fingerprint density at radius 2 is 1.89 bits per heavy atom. The second kappa shape index (κ2) is 7.85. The van der Waals surface area contributed by atoms with E-state index < -0.39 is 18.1 Å². The van der Waals surface area contributed by atoms with Crippen molar-refractivity contribution in [2.75, 3.05) is 44.7 Å². The Labute approximate surface area is 155 Å². The van der Waals surface area contributed by atoms with Crippen LogP contribution in [0, 0.1) is 0 Å². The van der Waals surface area contributed by atoms with Crippen LogP contribution in [-0.4, -0.2) is 65.9 Å². The summed E-state index contributed by atoms with van der Waals surface area (Å²) in [5.74, 6) is -0.335. The van der Waals surface area contributed by atoms with Gasteiger partial charge >= 0.3 is 6.18 Å². The molecule has 1 aliphatic heterocycles. The van der Waals surface area contributed by atoms with Crippen LogP contribution in [-0.2, 0) is 6.18 Å². The molecule has 1 fully saturated rings. The molecule has 1 saturated heterocycles. The summed E-state index contributed by atoms with van der Waals surface area (Å²) in [5, 5.41) is 10.3. The average molecular weight is 384 g/mol. The molecule has 0 radical (unpaired) electrons. The number of β-amino-alcohol motifs (C(OH)–C–C–N with tert-alkyl or cyclic N) is 1. The van der Waals surface area contributed by atoms with E-state index in [9.17, 15) is 18.3 Å². The van der Waals surface area contributed by atoms with Gasteiger partial charge < -0.3 is 14.7 Å². The molecule has 0 spiro atoms. The fourth-order valence-electron chi connectivity index (χ4n) is 3.16. The van der Waals surface area contributed by atoms with E-state index in [0.717, 1.165) is 0 Å². The molecule has 148 valence electrons. The highest BCUT2D eigenvalue weighted by Gasteiger charge is 2.36. The lowest BCUT2D eigenvalue weighted by molar-refractivity contribution is -0.144. The molecule has 1 aromatic carbocycles. The minimum Gasteiger partial charge on any atom is -0.497 e. The fraction of sp³-hybridized carbons (Fsp3) is 0.556. The molecule has 9 heteroatoms. The molecule has 1 unspecified atom stereocenters. The van der Waals surface area contributed by atoms with Gasteiger partial charge in [-0.2, -0.15) is 13.2 Å². The van der Waals surface area contributed by atoms with E-state index in [1.54, 1.807) is 12.1 Å². The van der Waals surface area contributed by atoms with Gasteiger partial charge in [0.2, 0.25) is 5.82 Å². The minimum atomic E-state index is -4.62. The number of fused-ring (bicyclic) bond motifs is 1. The lowest BCUT2D eigenvalue weighted by atomic mass is 10.2. The summed E-state index contributed by atoms with van der Waals surface area (Å²) in [6, 6.07) is 4.77. The zero-order valence-corrected chi connectivity index (χ0v) is 15.3. The van der Waals surface area contributed by atoms with E-state index in [1.807, 2.05) is 11.8 Å². The van der Waals surface area contributed by atoms with Crippen LogP contribution in [0.4, 0.5) is 19.0 Å². The Balaban J connectivity index is 1.92. The normalized spacial score (nSPS) is 17.3. The van der Waals surface area contributed by atoms with Crippen LogP contribution in [0.15, 0.2) is 18.2 Å². The molecule has 1 aromatic heterocycles. The number of anilines is 1. The number of rotatable bonds is 5. The number of benzene rings is 1. The van der Waals surface area contributed by atoms with Gasteiger partial charge in [0, 0.05) is 38.1 Å². The predicted octanol–water partition coefficient (Wildman–Crippen LogP) is 2.55. The van der Waals surface area contributed by atoms with Gasteiger partial charge in [-0.25, -0.2) is 9.97 Å². The van der Waals surface area contributed by atoms with Crippen molar-refractivity contribution in [1.82, 2.24) is 14.9 Å². The quantitative estimate of drug-likeness (QED) is 0.855. The van der Waals surface area contributed by atoms with E-state index in [-0.39, 0.29) is 11.3 Å². The van der Waals surface area contributed by atoms with Gasteiger partial charge in [0.05, 0.1) is 18.7 Å². The summed E-state index contributed by atoms with van der Waals surface area (Å²) in [4.78, 5) is 11.5. The van der Waals surface area contributed by atoms with Gasteiger partial charge in [-0.05, 0) is 24.6 Å². The number of methoxy groups -OCH3 is 1. The van der Waals surface area contributed by atoms with Gasteiger partial charge in [0.1, 0.15) is 11.6 Å². The third-order valence-corrected chi connectivity index (χ3v) is 4.75. The molecular formula is C18H23F3N4O2. The van der Waals surface area contributed by atoms with Gasteiger partial charge in [0.25, 0.3) is 0 Å². The van der Waals surface area contributed by atoms with Crippen molar-refractivity contribution in [3.05, 3.63) is 24.0 Å². The number of halogens is 3. The predicted molar refractivity (Wildman–Crippen MR) is 96.0 cm³/mol. The van der Waals surface area contributed by atoms with E-state index in [4.69, 9.17) is 4.74 Å². The van der Waals surface area contributed by atoms with Gasteiger partial charge in [0.15, 0.2) is 0 Å². The second-order valence-corrected chi connectivity index (χ2v) is 6.60. The number of alkyl halides is 3. The molecule has 27 heavy (non-hydrogen) atoms. The summed E-state index contributed by atoms with van der Waals surface area (Å²) in [6.45, 7) is 4.83. The van der Waals surface area contributed by atoms with Gasteiger partial charge in [-0.15, -0.1) is 0 Å². The minimum absolute atomic E-state index is 0.233. The molecule has 3 rings (SSSR count). The van der Waals surface area contributed by atoms with Crippen molar-refractivity contribution < 1.29 is 23.0 Å². The summed E-state index contributed by atoms with van der Waals surface area (Å²) in [5.41, 5.74) is 0.233. The monoisotopic (exact) mass is 384 g/mol. The number of aliphatic hydroxyl groups excluding tert-OH is 1. The Morgan fingerprint density at radius 3 is 2.48 bits per heavy atom. The first-order chi connectivity index (χ1) is 12.8.